The lowest BCUT2D eigenvalue weighted by Crippen LogP contribution is -2.16. The first-order chi connectivity index (χ1) is 8.69. The monoisotopic (exact) mass is 338 g/mol. The van der Waals surface area contributed by atoms with Gasteiger partial charge in [-0.2, -0.15) is 0 Å². The van der Waals surface area contributed by atoms with Crippen molar-refractivity contribution in [2.24, 2.45) is 0 Å². The second-order valence-corrected chi connectivity index (χ2v) is 7.91. The zero-order valence-electron chi connectivity index (χ0n) is 10.3. The van der Waals surface area contributed by atoms with Crippen LogP contribution in [0.25, 0.3) is 11.0 Å². The maximum atomic E-state index is 11.4. The first-order valence-corrected chi connectivity index (χ1v) is 8.68. The van der Waals surface area contributed by atoms with Crippen molar-refractivity contribution in [3.63, 3.8) is 0 Å². The summed E-state index contributed by atoms with van der Waals surface area (Å²) in [6, 6.07) is 3.08. The van der Waals surface area contributed by atoms with Crippen molar-refractivity contribution in [3.05, 3.63) is 26.9 Å². The molecule has 0 bridgehead atoms. The Morgan fingerprint density at radius 1 is 1.37 bits per heavy atom. The van der Waals surface area contributed by atoms with E-state index in [1.54, 1.807) is 23.6 Å². The molecule has 19 heavy (non-hydrogen) atoms. The van der Waals surface area contributed by atoms with Gasteiger partial charge in [0.05, 0.1) is 26.8 Å². The summed E-state index contributed by atoms with van der Waals surface area (Å²) >= 11 is 17.2. The fourth-order valence-corrected chi connectivity index (χ4v) is 3.81. The number of imidazole rings is 1. The topological polar surface area (TPSA) is 54.9 Å². The van der Waals surface area contributed by atoms with Crippen molar-refractivity contribution in [2.75, 3.05) is 12.0 Å². The lowest BCUT2D eigenvalue weighted by molar-refractivity contribution is 0.566. The van der Waals surface area contributed by atoms with Gasteiger partial charge in [0.2, 0.25) is 0 Å². The number of nitrogens with zero attached hydrogens (tertiary/aromatic N) is 1. The Morgan fingerprint density at radius 2 is 1.95 bits per heavy atom. The molecule has 1 heterocycles. The van der Waals surface area contributed by atoms with Crippen molar-refractivity contribution in [2.45, 2.75) is 13.0 Å². The van der Waals surface area contributed by atoms with E-state index in [0.717, 1.165) is 11.0 Å². The summed E-state index contributed by atoms with van der Waals surface area (Å²) in [5.74, 6) is 0.00844. The molecule has 1 aromatic heterocycles. The second kappa shape index (κ2) is 5.09. The largest absolute Gasteiger partial charge is 0.331 e. The quantitative estimate of drug-likeness (QED) is 0.869. The average molecular weight is 339 g/mol. The van der Waals surface area contributed by atoms with Crippen LogP contribution in [0, 0.1) is 4.77 Å². The van der Waals surface area contributed by atoms with Crippen molar-refractivity contribution in [3.8, 4) is 0 Å². The van der Waals surface area contributed by atoms with E-state index in [4.69, 9.17) is 35.4 Å². The Hall–Kier alpha value is -0.560. The number of rotatable bonds is 3. The molecule has 4 nitrogen and oxygen atoms in total. The van der Waals surface area contributed by atoms with Gasteiger partial charge in [0.15, 0.2) is 4.77 Å². The summed E-state index contributed by atoms with van der Waals surface area (Å²) in [5.41, 5.74) is 1.48. The molecule has 0 saturated carbocycles. The van der Waals surface area contributed by atoms with Crippen LogP contribution in [0.3, 0.4) is 0 Å². The molecular weight excluding hydrogens is 327 g/mol. The highest BCUT2D eigenvalue weighted by Crippen LogP contribution is 2.29. The van der Waals surface area contributed by atoms with E-state index in [0.29, 0.717) is 14.8 Å². The predicted molar refractivity (Wildman–Crippen MR) is 81.6 cm³/mol. The third-order valence-corrected chi connectivity index (χ3v) is 4.85. The van der Waals surface area contributed by atoms with Gasteiger partial charge in [0.25, 0.3) is 0 Å². The lowest BCUT2D eigenvalue weighted by atomic mass is 10.3. The van der Waals surface area contributed by atoms with Crippen LogP contribution in [0.4, 0.5) is 0 Å². The molecule has 0 aliphatic carbocycles. The van der Waals surface area contributed by atoms with E-state index >= 15 is 0 Å². The van der Waals surface area contributed by atoms with Crippen LogP contribution in [0.5, 0.6) is 0 Å². The van der Waals surface area contributed by atoms with E-state index in [2.05, 4.69) is 4.98 Å². The highest BCUT2D eigenvalue weighted by atomic mass is 35.5. The van der Waals surface area contributed by atoms with E-state index in [1.807, 2.05) is 0 Å². The molecule has 2 aromatic rings. The molecule has 0 aliphatic heterocycles. The zero-order valence-corrected chi connectivity index (χ0v) is 13.4. The average Bonchev–Trinajstić information content (AvgIpc) is 2.52. The van der Waals surface area contributed by atoms with Crippen LogP contribution in [0.15, 0.2) is 12.1 Å². The molecule has 0 aliphatic rings. The number of hydrogen-bond donors (Lipinski definition) is 1. The first kappa shape index (κ1) is 14.8. The third kappa shape index (κ3) is 3.13. The number of hydrogen-bond acceptors (Lipinski definition) is 3. The fourth-order valence-electron chi connectivity index (χ4n) is 2.07. The molecule has 0 spiro atoms. The molecule has 1 unspecified atom stereocenters. The van der Waals surface area contributed by atoms with Crippen LogP contribution in [-0.4, -0.2) is 30.0 Å². The molecule has 1 N–H and O–H groups in total. The summed E-state index contributed by atoms with van der Waals surface area (Å²) in [7, 11) is -3.09. The van der Waals surface area contributed by atoms with Gasteiger partial charge in [0, 0.05) is 12.3 Å². The summed E-state index contributed by atoms with van der Waals surface area (Å²) < 4.78 is 25.0. The molecule has 0 fully saturated rings. The molecule has 0 radical (unpaired) electrons. The van der Waals surface area contributed by atoms with Gasteiger partial charge in [-0.15, -0.1) is 0 Å². The van der Waals surface area contributed by atoms with Gasteiger partial charge < -0.3 is 9.55 Å². The van der Waals surface area contributed by atoms with Gasteiger partial charge in [-0.05, 0) is 31.3 Å². The molecule has 1 aromatic carbocycles. The van der Waals surface area contributed by atoms with Crippen LogP contribution < -0.4 is 0 Å². The number of benzene rings is 1. The highest BCUT2D eigenvalue weighted by molar-refractivity contribution is 7.90. The SMILES string of the molecule is CC(CS(C)(=O)=O)n1c(=S)[nH]c2cc(Cl)c(Cl)cc21. The van der Waals surface area contributed by atoms with Gasteiger partial charge in [0.1, 0.15) is 9.84 Å². The standard InChI is InChI=1S/C11H12Cl2N2O2S2/c1-6(5-19(2,16)17)15-10-4-8(13)7(12)3-9(10)14-11(15)18/h3-4,6H,5H2,1-2H3,(H,14,18). The number of sulfone groups is 1. The van der Waals surface area contributed by atoms with E-state index in [9.17, 15) is 8.42 Å². The molecule has 1 atom stereocenters. The summed E-state index contributed by atoms with van der Waals surface area (Å²) in [6.45, 7) is 1.80. The van der Waals surface area contributed by atoms with Crippen molar-refractivity contribution < 1.29 is 8.42 Å². The number of nitrogens with one attached hydrogen (secondary N) is 1. The minimum Gasteiger partial charge on any atom is -0.331 e. The number of aromatic amines is 1. The minimum atomic E-state index is -3.09. The molecule has 8 heteroatoms. The smallest absolute Gasteiger partial charge is 0.178 e. The highest BCUT2D eigenvalue weighted by Gasteiger charge is 2.17. The summed E-state index contributed by atoms with van der Waals surface area (Å²) in [5, 5.41) is 0.830. The van der Waals surface area contributed by atoms with Crippen molar-refractivity contribution >= 4 is 56.3 Å². The zero-order chi connectivity index (χ0) is 14.4. The van der Waals surface area contributed by atoms with Crippen LogP contribution in [0.1, 0.15) is 13.0 Å². The maximum absolute atomic E-state index is 11.4. The number of aromatic nitrogens is 2. The normalized spacial score (nSPS) is 13.9. The number of H-pyrrole nitrogens is 1. The van der Waals surface area contributed by atoms with Gasteiger partial charge in [-0.1, -0.05) is 23.2 Å². The van der Waals surface area contributed by atoms with Gasteiger partial charge in [-0.3, -0.25) is 0 Å². The second-order valence-electron chi connectivity index (χ2n) is 4.53. The van der Waals surface area contributed by atoms with Crippen molar-refractivity contribution in [1.82, 2.24) is 9.55 Å². The van der Waals surface area contributed by atoms with Crippen LogP contribution in [0.2, 0.25) is 10.0 Å². The van der Waals surface area contributed by atoms with Gasteiger partial charge in [-0.25, -0.2) is 8.42 Å². The molecule has 2 rings (SSSR count). The molecule has 104 valence electrons. The maximum Gasteiger partial charge on any atom is 0.178 e. The van der Waals surface area contributed by atoms with E-state index in [-0.39, 0.29) is 11.8 Å². The summed E-state index contributed by atoms with van der Waals surface area (Å²) in [6.07, 6.45) is 1.20. The third-order valence-electron chi connectivity index (χ3n) is 2.74. The number of halogens is 2. The predicted octanol–water partition coefficient (Wildman–Crippen LogP) is 3.61. The van der Waals surface area contributed by atoms with Gasteiger partial charge >= 0.3 is 0 Å². The lowest BCUT2D eigenvalue weighted by Gasteiger charge is -2.13. The molecule has 0 saturated heterocycles. The summed E-state index contributed by atoms with van der Waals surface area (Å²) in [4.78, 5) is 3.00. The van der Waals surface area contributed by atoms with Crippen molar-refractivity contribution in [1.29, 1.82) is 0 Å². The first-order valence-electron chi connectivity index (χ1n) is 5.46. The number of fused-ring (bicyclic) bond motifs is 1. The Labute approximate surface area is 126 Å². The van der Waals surface area contributed by atoms with E-state index in [1.165, 1.54) is 6.26 Å². The van der Waals surface area contributed by atoms with E-state index < -0.39 is 9.84 Å². The Balaban J connectivity index is 2.63. The fraction of sp³-hybridized carbons (Fsp3) is 0.364. The molecular formula is C11H12Cl2N2O2S2. The minimum absolute atomic E-state index is 0.00844. The molecule has 0 amide bonds. The Bertz CT molecular complexity index is 793. The van der Waals surface area contributed by atoms with Crippen LogP contribution in [-0.2, 0) is 9.84 Å². The Morgan fingerprint density at radius 3 is 2.53 bits per heavy atom. The Kier molecular flexibility index (Phi) is 3.97. The van der Waals surface area contributed by atoms with Crippen LogP contribution >= 0.6 is 35.4 Å².